The van der Waals surface area contributed by atoms with Gasteiger partial charge in [-0.05, 0) is 36.4 Å². The van der Waals surface area contributed by atoms with E-state index in [2.05, 4.69) is 10.3 Å². The van der Waals surface area contributed by atoms with Crippen LogP contribution >= 0.6 is 0 Å². The van der Waals surface area contributed by atoms with E-state index < -0.39 is 0 Å². The highest BCUT2D eigenvalue weighted by Gasteiger charge is 2.18. The van der Waals surface area contributed by atoms with Gasteiger partial charge in [0.2, 0.25) is 5.96 Å². The minimum absolute atomic E-state index is 0.0909. The van der Waals surface area contributed by atoms with Gasteiger partial charge in [-0.3, -0.25) is 10.1 Å². The second kappa shape index (κ2) is 5.16. The first-order chi connectivity index (χ1) is 10.2. The molecule has 1 aromatic heterocycles. The van der Waals surface area contributed by atoms with Crippen molar-refractivity contribution in [3.63, 3.8) is 0 Å². The lowest BCUT2D eigenvalue weighted by Gasteiger charge is -2.00. The number of guanidine groups is 1. The van der Waals surface area contributed by atoms with Gasteiger partial charge in [-0.1, -0.05) is 0 Å². The highest BCUT2D eigenvalue weighted by atomic mass is 16.5. The third-order valence-corrected chi connectivity index (χ3v) is 3.00. The molecule has 106 valence electrons. The summed E-state index contributed by atoms with van der Waals surface area (Å²) in [5.74, 6) is 1.76. The summed E-state index contributed by atoms with van der Waals surface area (Å²) in [6, 6.07) is 11.1. The Balaban J connectivity index is 1.86. The zero-order valence-corrected chi connectivity index (χ0v) is 11.3. The minimum Gasteiger partial charge on any atom is -0.497 e. The molecular weight excluding hydrogens is 270 g/mol. The Morgan fingerprint density at radius 1 is 1.24 bits per heavy atom. The Bertz CT molecular complexity index is 742. The van der Waals surface area contributed by atoms with Crippen LogP contribution in [-0.2, 0) is 4.79 Å². The number of rotatable bonds is 3. The number of furan rings is 1. The topological polar surface area (TPSA) is 89.9 Å². The fourth-order valence-corrected chi connectivity index (χ4v) is 1.96. The summed E-state index contributed by atoms with van der Waals surface area (Å²) in [5.41, 5.74) is 6.57. The molecule has 6 heteroatoms. The van der Waals surface area contributed by atoms with Crippen molar-refractivity contribution in [3.05, 3.63) is 47.9 Å². The molecule has 0 bridgehead atoms. The fourth-order valence-electron chi connectivity index (χ4n) is 1.96. The van der Waals surface area contributed by atoms with E-state index >= 15 is 0 Å². The lowest BCUT2D eigenvalue weighted by molar-refractivity contribution is -0.115. The molecule has 0 unspecified atom stereocenters. The maximum Gasteiger partial charge on any atom is 0.276 e. The van der Waals surface area contributed by atoms with Crippen LogP contribution in [0.1, 0.15) is 5.76 Å². The Hall–Kier alpha value is -3.02. The summed E-state index contributed by atoms with van der Waals surface area (Å²) in [7, 11) is 1.62. The predicted molar refractivity (Wildman–Crippen MR) is 78.4 cm³/mol. The van der Waals surface area contributed by atoms with E-state index in [1.165, 1.54) is 0 Å². The molecule has 2 aromatic rings. The Morgan fingerprint density at radius 3 is 2.62 bits per heavy atom. The van der Waals surface area contributed by atoms with Gasteiger partial charge >= 0.3 is 0 Å². The quantitative estimate of drug-likeness (QED) is 0.839. The number of aliphatic imine (C=N–C) groups is 1. The van der Waals surface area contributed by atoms with Gasteiger partial charge in [-0.2, -0.15) is 0 Å². The SMILES string of the molecule is COc1ccc(-c2ccc(C=C3N=C(N)NC3=O)o2)cc1. The molecule has 2 heterocycles. The van der Waals surface area contributed by atoms with Gasteiger partial charge in [0.15, 0.2) is 0 Å². The maximum atomic E-state index is 11.5. The number of carbonyl (C=O) groups excluding carboxylic acids is 1. The van der Waals surface area contributed by atoms with Crippen LogP contribution in [0.3, 0.4) is 0 Å². The van der Waals surface area contributed by atoms with Crippen molar-refractivity contribution in [1.29, 1.82) is 0 Å². The summed E-state index contributed by atoms with van der Waals surface area (Å²) >= 11 is 0. The van der Waals surface area contributed by atoms with Crippen LogP contribution in [0.2, 0.25) is 0 Å². The smallest absolute Gasteiger partial charge is 0.276 e. The molecule has 0 spiro atoms. The maximum absolute atomic E-state index is 11.5. The van der Waals surface area contributed by atoms with Gasteiger partial charge in [-0.25, -0.2) is 4.99 Å². The van der Waals surface area contributed by atoms with E-state index in [9.17, 15) is 4.79 Å². The van der Waals surface area contributed by atoms with Gasteiger partial charge in [0.25, 0.3) is 5.91 Å². The summed E-state index contributed by atoms with van der Waals surface area (Å²) in [6.45, 7) is 0. The number of nitrogens with one attached hydrogen (secondary N) is 1. The van der Waals surface area contributed by atoms with E-state index in [-0.39, 0.29) is 17.6 Å². The summed E-state index contributed by atoms with van der Waals surface area (Å²) in [5, 5.41) is 2.40. The number of nitrogens with zero attached hydrogens (tertiary/aromatic N) is 1. The van der Waals surface area contributed by atoms with Crippen LogP contribution in [0.5, 0.6) is 5.75 Å². The molecule has 0 atom stereocenters. The number of methoxy groups -OCH3 is 1. The van der Waals surface area contributed by atoms with Gasteiger partial charge in [0, 0.05) is 11.6 Å². The van der Waals surface area contributed by atoms with Gasteiger partial charge in [0.05, 0.1) is 7.11 Å². The van der Waals surface area contributed by atoms with Crippen LogP contribution in [0.25, 0.3) is 17.4 Å². The first-order valence-corrected chi connectivity index (χ1v) is 6.27. The molecule has 3 rings (SSSR count). The van der Waals surface area contributed by atoms with Gasteiger partial charge in [0.1, 0.15) is 23.0 Å². The van der Waals surface area contributed by atoms with E-state index in [0.29, 0.717) is 11.5 Å². The molecule has 3 N–H and O–H groups in total. The zero-order chi connectivity index (χ0) is 14.8. The summed E-state index contributed by atoms with van der Waals surface area (Å²) in [6.07, 6.45) is 1.54. The molecule has 0 radical (unpaired) electrons. The molecule has 0 aliphatic carbocycles. The summed E-state index contributed by atoms with van der Waals surface area (Å²) in [4.78, 5) is 15.4. The van der Waals surface area contributed by atoms with Gasteiger partial charge < -0.3 is 14.9 Å². The van der Waals surface area contributed by atoms with Crippen molar-refractivity contribution in [3.8, 4) is 17.1 Å². The summed E-state index contributed by atoms with van der Waals surface area (Å²) < 4.78 is 10.8. The van der Waals surface area contributed by atoms with Crippen LogP contribution in [0.4, 0.5) is 0 Å². The normalized spacial score (nSPS) is 16.0. The Morgan fingerprint density at radius 2 is 2.00 bits per heavy atom. The van der Waals surface area contributed by atoms with E-state index in [1.54, 1.807) is 19.3 Å². The first kappa shape index (κ1) is 13.0. The largest absolute Gasteiger partial charge is 0.497 e. The number of amides is 1. The van der Waals surface area contributed by atoms with Crippen molar-refractivity contribution in [2.24, 2.45) is 10.7 Å². The molecule has 21 heavy (non-hydrogen) atoms. The Labute approximate surface area is 120 Å². The third kappa shape index (κ3) is 2.64. The number of ether oxygens (including phenoxy) is 1. The van der Waals surface area contributed by atoms with Crippen LogP contribution in [0, 0.1) is 0 Å². The third-order valence-electron chi connectivity index (χ3n) is 3.00. The molecule has 0 saturated heterocycles. The highest BCUT2D eigenvalue weighted by molar-refractivity contribution is 6.13. The molecule has 1 aliphatic heterocycles. The Kier molecular flexibility index (Phi) is 3.19. The minimum atomic E-state index is -0.338. The monoisotopic (exact) mass is 283 g/mol. The standard InChI is InChI=1S/C15H13N3O3/c1-20-10-4-2-9(3-5-10)13-7-6-11(21-13)8-12-14(19)18-15(16)17-12/h2-8H,1H3,(H3,16,17,18,19). The average molecular weight is 283 g/mol. The average Bonchev–Trinajstić information content (AvgIpc) is 3.07. The second-order valence-corrected chi connectivity index (χ2v) is 4.41. The number of nitrogens with two attached hydrogens (primary N) is 1. The molecule has 6 nitrogen and oxygen atoms in total. The molecule has 1 aromatic carbocycles. The molecular formula is C15H13N3O3. The zero-order valence-electron chi connectivity index (χ0n) is 11.3. The number of carbonyl (C=O) groups is 1. The lowest BCUT2D eigenvalue weighted by Crippen LogP contribution is -2.30. The van der Waals surface area contributed by atoms with Crippen molar-refractivity contribution in [2.45, 2.75) is 0 Å². The molecule has 1 aliphatic rings. The molecule has 0 saturated carbocycles. The lowest BCUT2D eigenvalue weighted by atomic mass is 10.2. The number of hydrogen-bond donors (Lipinski definition) is 2. The van der Waals surface area contributed by atoms with Crippen LogP contribution < -0.4 is 15.8 Å². The van der Waals surface area contributed by atoms with E-state index in [1.807, 2.05) is 30.3 Å². The number of hydrogen-bond acceptors (Lipinski definition) is 5. The van der Waals surface area contributed by atoms with Crippen molar-refractivity contribution >= 4 is 17.9 Å². The predicted octanol–water partition coefficient (Wildman–Crippen LogP) is 1.74. The highest BCUT2D eigenvalue weighted by Crippen LogP contribution is 2.25. The van der Waals surface area contributed by atoms with Crippen LogP contribution in [-0.4, -0.2) is 19.0 Å². The van der Waals surface area contributed by atoms with Gasteiger partial charge in [-0.15, -0.1) is 0 Å². The molecule has 1 amide bonds. The van der Waals surface area contributed by atoms with E-state index in [0.717, 1.165) is 11.3 Å². The molecule has 0 fully saturated rings. The number of benzene rings is 1. The fraction of sp³-hybridized carbons (Fsp3) is 0.0667. The van der Waals surface area contributed by atoms with E-state index in [4.69, 9.17) is 14.9 Å². The van der Waals surface area contributed by atoms with Crippen molar-refractivity contribution in [2.75, 3.05) is 7.11 Å². The second-order valence-electron chi connectivity index (χ2n) is 4.41. The van der Waals surface area contributed by atoms with Crippen molar-refractivity contribution in [1.82, 2.24) is 5.32 Å². The van der Waals surface area contributed by atoms with Crippen molar-refractivity contribution < 1.29 is 13.9 Å². The first-order valence-electron chi connectivity index (χ1n) is 6.27. The van der Waals surface area contributed by atoms with Crippen LogP contribution in [0.15, 0.2) is 51.5 Å².